The average Bonchev–Trinajstić information content (AvgIpc) is 2.98. The predicted octanol–water partition coefficient (Wildman–Crippen LogP) is 3.76. The highest BCUT2D eigenvalue weighted by atomic mass is 35.5. The number of hydrogen-bond donors (Lipinski definition) is 1. The van der Waals surface area contributed by atoms with Crippen LogP contribution in [0.25, 0.3) is 5.69 Å². The molecule has 9 heteroatoms. The third-order valence-corrected chi connectivity index (χ3v) is 5.38. The first kappa shape index (κ1) is 19.5. The number of halogens is 2. The highest BCUT2D eigenvalue weighted by molar-refractivity contribution is 8.00. The van der Waals surface area contributed by atoms with E-state index in [-0.39, 0.29) is 10.9 Å². The summed E-state index contributed by atoms with van der Waals surface area (Å²) in [6, 6.07) is 12.2. The molecule has 27 heavy (non-hydrogen) atoms. The van der Waals surface area contributed by atoms with Crippen molar-refractivity contribution in [1.82, 2.24) is 5.27 Å². The van der Waals surface area contributed by atoms with E-state index in [1.54, 1.807) is 19.1 Å². The van der Waals surface area contributed by atoms with E-state index >= 15 is 0 Å². The van der Waals surface area contributed by atoms with Gasteiger partial charge in [0.25, 0.3) is 5.03 Å². The summed E-state index contributed by atoms with van der Waals surface area (Å²) in [4.78, 5) is 12.5. The summed E-state index contributed by atoms with van der Waals surface area (Å²) in [7, 11) is 0. The molecule has 0 aliphatic carbocycles. The highest BCUT2D eigenvalue weighted by Gasteiger charge is 2.26. The van der Waals surface area contributed by atoms with Gasteiger partial charge in [0.1, 0.15) is 0 Å². The zero-order chi connectivity index (χ0) is 19.6. The summed E-state index contributed by atoms with van der Waals surface area (Å²) in [5, 5.41) is 19.0. The Kier molecular flexibility index (Phi) is 5.94. The standard InChI is InChI=1S/C18H15Cl2N3O3S/c1-10-3-6-13(7-4-10)23-17(18(25)26-22-23)27-11(2)16(24)21-15-8-5-12(19)9-14(15)20/h3-9,11H,1-2H3,(H-,21,22,24,25). The number of carbonyl (C=O) groups excluding carboxylic acids is 1. The van der Waals surface area contributed by atoms with Gasteiger partial charge in [-0.2, -0.15) is 0 Å². The van der Waals surface area contributed by atoms with Crippen molar-refractivity contribution < 1.29 is 19.1 Å². The van der Waals surface area contributed by atoms with Gasteiger partial charge in [-0.3, -0.25) is 4.79 Å². The minimum atomic E-state index is -0.607. The molecular weight excluding hydrogens is 409 g/mol. The molecule has 3 rings (SSSR count). The van der Waals surface area contributed by atoms with Gasteiger partial charge >= 0.3 is 0 Å². The van der Waals surface area contributed by atoms with E-state index in [0.29, 0.717) is 21.4 Å². The smallest absolute Gasteiger partial charge is 0.298 e. The van der Waals surface area contributed by atoms with Crippen LogP contribution in [0.4, 0.5) is 5.69 Å². The van der Waals surface area contributed by atoms with Gasteiger partial charge in [-0.25, -0.2) is 0 Å². The van der Waals surface area contributed by atoms with Crippen molar-refractivity contribution in [2.45, 2.75) is 24.1 Å². The second-order valence-electron chi connectivity index (χ2n) is 5.79. The Labute approximate surface area is 170 Å². The molecular formula is C18H15Cl2N3O3S. The van der Waals surface area contributed by atoms with E-state index in [1.807, 2.05) is 31.2 Å². The first-order chi connectivity index (χ1) is 12.8. The second-order valence-corrected chi connectivity index (χ2v) is 7.96. The third-order valence-electron chi connectivity index (χ3n) is 3.70. The number of aromatic nitrogens is 2. The van der Waals surface area contributed by atoms with E-state index < -0.39 is 11.2 Å². The fourth-order valence-corrected chi connectivity index (χ4v) is 3.56. The minimum absolute atomic E-state index is 0.212. The molecule has 0 aliphatic rings. The van der Waals surface area contributed by atoms with Crippen LogP contribution in [0.5, 0.6) is 5.95 Å². The summed E-state index contributed by atoms with van der Waals surface area (Å²) in [6.45, 7) is 3.63. The Morgan fingerprint density at radius 3 is 2.63 bits per heavy atom. The number of rotatable bonds is 5. The molecule has 1 amide bonds. The van der Waals surface area contributed by atoms with Gasteiger partial charge < -0.3 is 14.9 Å². The summed E-state index contributed by atoms with van der Waals surface area (Å²) < 4.78 is 6.16. The molecule has 3 aromatic rings. The summed E-state index contributed by atoms with van der Waals surface area (Å²) in [5.74, 6) is -0.926. The molecule has 1 aromatic heterocycles. The first-order valence-electron chi connectivity index (χ1n) is 7.94. The number of carbonyl (C=O) groups is 1. The van der Waals surface area contributed by atoms with Crippen LogP contribution in [-0.2, 0) is 4.79 Å². The zero-order valence-electron chi connectivity index (χ0n) is 14.4. The Morgan fingerprint density at radius 2 is 1.96 bits per heavy atom. The van der Waals surface area contributed by atoms with Gasteiger partial charge in [-0.15, -0.1) is 0 Å². The lowest BCUT2D eigenvalue weighted by Gasteiger charge is -2.11. The number of amides is 1. The first-order valence-corrected chi connectivity index (χ1v) is 9.57. The van der Waals surface area contributed by atoms with Crippen LogP contribution >= 0.6 is 35.0 Å². The highest BCUT2D eigenvalue weighted by Crippen LogP contribution is 2.30. The molecule has 0 fully saturated rings. The van der Waals surface area contributed by atoms with Crippen LogP contribution in [-0.4, -0.2) is 16.4 Å². The van der Waals surface area contributed by atoms with E-state index in [0.717, 1.165) is 17.3 Å². The Hall–Kier alpha value is -2.22. The lowest BCUT2D eigenvalue weighted by molar-refractivity contribution is -0.705. The summed E-state index contributed by atoms with van der Waals surface area (Å²) in [6.07, 6.45) is 0. The summed E-state index contributed by atoms with van der Waals surface area (Å²) in [5.41, 5.74) is 2.19. The molecule has 2 aromatic carbocycles. The predicted molar refractivity (Wildman–Crippen MR) is 103 cm³/mol. The monoisotopic (exact) mass is 423 g/mol. The van der Waals surface area contributed by atoms with Crippen molar-refractivity contribution in [1.29, 1.82) is 0 Å². The van der Waals surface area contributed by atoms with Crippen LogP contribution in [0, 0.1) is 6.92 Å². The molecule has 0 saturated carbocycles. The number of nitrogens with zero attached hydrogens (tertiary/aromatic N) is 2. The molecule has 0 bridgehead atoms. The minimum Gasteiger partial charge on any atom is -0.538 e. The lowest BCUT2D eigenvalue weighted by Crippen LogP contribution is -2.36. The van der Waals surface area contributed by atoms with E-state index in [9.17, 15) is 9.90 Å². The molecule has 1 atom stereocenters. The number of nitrogens with one attached hydrogen (secondary N) is 1. The van der Waals surface area contributed by atoms with Gasteiger partial charge in [0.05, 0.1) is 21.2 Å². The Bertz CT molecular complexity index is 976. The maximum atomic E-state index is 12.5. The van der Waals surface area contributed by atoms with Crippen LogP contribution < -0.4 is 15.1 Å². The number of anilines is 1. The molecule has 0 spiro atoms. The Balaban J connectivity index is 1.77. The fraction of sp³-hybridized carbons (Fsp3) is 0.167. The van der Waals surface area contributed by atoms with Crippen LogP contribution in [0.1, 0.15) is 12.5 Å². The SMILES string of the molecule is Cc1ccc(-[n+]2noc([O-])c2SC(C)C(=O)Nc2ccc(Cl)cc2Cl)cc1. The van der Waals surface area contributed by atoms with Crippen molar-refractivity contribution in [2.24, 2.45) is 0 Å². The molecule has 140 valence electrons. The normalized spacial score (nSPS) is 12.0. The molecule has 1 heterocycles. The van der Waals surface area contributed by atoms with Crippen LogP contribution in [0.2, 0.25) is 10.0 Å². The van der Waals surface area contributed by atoms with Crippen molar-refractivity contribution in [3.63, 3.8) is 0 Å². The quantitative estimate of drug-likeness (QED) is 0.498. The van der Waals surface area contributed by atoms with Gasteiger partial charge in [0.2, 0.25) is 11.6 Å². The topological polar surface area (TPSA) is 82.1 Å². The van der Waals surface area contributed by atoms with Crippen molar-refractivity contribution in [3.8, 4) is 11.6 Å². The molecule has 1 unspecified atom stereocenters. The van der Waals surface area contributed by atoms with E-state index in [1.165, 1.54) is 10.7 Å². The van der Waals surface area contributed by atoms with E-state index in [4.69, 9.17) is 27.7 Å². The fourth-order valence-electron chi connectivity index (χ4n) is 2.24. The van der Waals surface area contributed by atoms with Crippen LogP contribution in [0.3, 0.4) is 0 Å². The van der Waals surface area contributed by atoms with Crippen LogP contribution in [0.15, 0.2) is 52.0 Å². The van der Waals surface area contributed by atoms with Crippen molar-refractivity contribution in [2.75, 3.05) is 5.32 Å². The molecule has 0 saturated heterocycles. The van der Waals surface area contributed by atoms with Gasteiger partial charge in [-0.05, 0) is 48.5 Å². The lowest BCUT2D eigenvalue weighted by atomic mass is 10.2. The van der Waals surface area contributed by atoms with Gasteiger partial charge in [0, 0.05) is 17.2 Å². The molecule has 0 aliphatic heterocycles. The third kappa shape index (κ3) is 4.55. The second kappa shape index (κ2) is 8.21. The maximum Gasteiger partial charge on any atom is 0.298 e. The molecule has 1 N–H and O–H groups in total. The summed E-state index contributed by atoms with van der Waals surface area (Å²) >= 11 is 13.0. The van der Waals surface area contributed by atoms with Gasteiger partial charge in [0.15, 0.2) is 5.95 Å². The number of benzene rings is 2. The van der Waals surface area contributed by atoms with E-state index in [2.05, 4.69) is 10.6 Å². The van der Waals surface area contributed by atoms with Crippen molar-refractivity contribution >= 4 is 46.6 Å². The number of hydrogen-bond acceptors (Lipinski definition) is 5. The largest absolute Gasteiger partial charge is 0.538 e. The average molecular weight is 424 g/mol. The molecule has 6 nitrogen and oxygen atoms in total. The maximum absolute atomic E-state index is 12.5. The zero-order valence-corrected chi connectivity index (χ0v) is 16.7. The number of aryl methyl sites for hydroxylation is 1. The number of thioether (sulfide) groups is 1. The Morgan fingerprint density at radius 1 is 1.26 bits per heavy atom. The van der Waals surface area contributed by atoms with Gasteiger partial charge in [-0.1, -0.05) is 40.9 Å². The van der Waals surface area contributed by atoms with Crippen molar-refractivity contribution in [3.05, 3.63) is 58.1 Å². The molecule has 0 radical (unpaired) electrons.